The molecule has 2 nitrogen and oxygen atoms in total. The molecule has 2 aromatic rings. The van der Waals surface area contributed by atoms with Gasteiger partial charge in [0.25, 0.3) is 5.60 Å². The van der Waals surface area contributed by atoms with Crippen molar-refractivity contribution in [3.05, 3.63) is 71.8 Å². The predicted molar refractivity (Wildman–Crippen MR) is 75.8 cm³/mol. The highest BCUT2D eigenvalue weighted by Gasteiger charge is 2.57. The van der Waals surface area contributed by atoms with E-state index in [1.807, 2.05) is 0 Å². The minimum Gasteiger partial charge on any atom is -0.347 e. The largest absolute Gasteiger partial charge is 0.431 e. The Morgan fingerprint density at radius 3 is 1.82 bits per heavy atom. The van der Waals surface area contributed by atoms with Crippen LogP contribution in [-0.2, 0) is 17.8 Å². The van der Waals surface area contributed by atoms with E-state index < -0.39 is 18.2 Å². The van der Waals surface area contributed by atoms with Gasteiger partial charge in [-0.15, -0.1) is 0 Å². The van der Waals surface area contributed by atoms with Gasteiger partial charge in [-0.3, -0.25) is 0 Å². The maximum absolute atomic E-state index is 13.4. The fourth-order valence-electron chi connectivity index (χ4n) is 2.03. The number of benzene rings is 2. The van der Waals surface area contributed by atoms with Crippen LogP contribution in [0, 0.1) is 11.3 Å². The topological polar surface area (TPSA) is 33.0 Å². The lowest BCUT2D eigenvalue weighted by atomic mass is 9.95. The van der Waals surface area contributed by atoms with E-state index in [1.165, 1.54) is 6.07 Å². The van der Waals surface area contributed by atoms with Gasteiger partial charge in [0, 0.05) is 6.42 Å². The SMILES string of the molecule is N#C[C@](Cc1ccccc1)(OCc1ccccc1)C(F)(F)F. The summed E-state index contributed by atoms with van der Waals surface area (Å²) < 4.78 is 45.3. The van der Waals surface area contributed by atoms with Crippen LogP contribution in [0.4, 0.5) is 13.2 Å². The van der Waals surface area contributed by atoms with Crippen molar-refractivity contribution in [2.45, 2.75) is 24.8 Å². The summed E-state index contributed by atoms with van der Waals surface area (Å²) in [5.41, 5.74) is -1.88. The molecule has 0 aromatic heterocycles. The van der Waals surface area contributed by atoms with Gasteiger partial charge in [-0.1, -0.05) is 60.7 Å². The normalized spacial score (nSPS) is 14.1. The summed E-state index contributed by atoms with van der Waals surface area (Å²) in [5.74, 6) is 0. The van der Waals surface area contributed by atoms with E-state index in [0.29, 0.717) is 11.1 Å². The van der Waals surface area contributed by atoms with Crippen molar-refractivity contribution in [1.82, 2.24) is 0 Å². The molecule has 22 heavy (non-hydrogen) atoms. The van der Waals surface area contributed by atoms with Crippen LogP contribution in [0.5, 0.6) is 0 Å². The second-order valence-corrected chi connectivity index (χ2v) is 4.87. The minimum absolute atomic E-state index is 0.277. The lowest BCUT2D eigenvalue weighted by molar-refractivity contribution is -0.257. The van der Waals surface area contributed by atoms with Gasteiger partial charge in [0.15, 0.2) is 0 Å². The van der Waals surface area contributed by atoms with Gasteiger partial charge >= 0.3 is 6.18 Å². The van der Waals surface area contributed by atoms with Gasteiger partial charge in [0.1, 0.15) is 6.07 Å². The molecular weight excluding hydrogens is 291 g/mol. The molecule has 2 rings (SSSR count). The highest BCUT2D eigenvalue weighted by molar-refractivity contribution is 5.23. The van der Waals surface area contributed by atoms with Crippen LogP contribution in [0.15, 0.2) is 60.7 Å². The first-order chi connectivity index (χ1) is 10.5. The highest BCUT2D eigenvalue weighted by atomic mass is 19.4. The minimum atomic E-state index is -4.79. The number of halogens is 3. The average molecular weight is 305 g/mol. The van der Waals surface area contributed by atoms with Gasteiger partial charge in [-0.25, -0.2) is 0 Å². The maximum atomic E-state index is 13.4. The molecule has 0 heterocycles. The number of nitrogens with zero attached hydrogens (tertiary/aromatic N) is 1. The van der Waals surface area contributed by atoms with Crippen molar-refractivity contribution in [2.75, 3.05) is 0 Å². The molecule has 0 aliphatic heterocycles. The van der Waals surface area contributed by atoms with Crippen LogP contribution in [0.1, 0.15) is 11.1 Å². The van der Waals surface area contributed by atoms with Crippen molar-refractivity contribution < 1.29 is 17.9 Å². The highest BCUT2D eigenvalue weighted by Crippen LogP contribution is 2.37. The molecule has 0 saturated heterocycles. The number of hydrogen-bond donors (Lipinski definition) is 0. The van der Waals surface area contributed by atoms with Gasteiger partial charge in [-0.2, -0.15) is 18.4 Å². The number of nitriles is 1. The van der Waals surface area contributed by atoms with Crippen molar-refractivity contribution in [3.63, 3.8) is 0 Å². The van der Waals surface area contributed by atoms with E-state index in [4.69, 9.17) is 10.00 Å². The van der Waals surface area contributed by atoms with Crippen LogP contribution in [0.25, 0.3) is 0 Å². The molecule has 0 amide bonds. The first-order valence-electron chi connectivity index (χ1n) is 6.67. The number of rotatable bonds is 5. The van der Waals surface area contributed by atoms with E-state index >= 15 is 0 Å². The van der Waals surface area contributed by atoms with Crippen molar-refractivity contribution in [2.24, 2.45) is 0 Å². The Balaban J connectivity index is 2.24. The van der Waals surface area contributed by atoms with E-state index in [-0.39, 0.29) is 6.61 Å². The first kappa shape index (κ1) is 16.1. The Hall–Kier alpha value is -2.32. The van der Waals surface area contributed by atoms with Crippen molar-refractivity contribution >= 4 is 0 Å². The Morgan fingerprint density at radius 1 is 0.864 bits per heavy atom. The van der Waals surface area contributed by atoms with E-state index in [1.54, 1.807) is 60.7 Å². The van der Waals surface area contributed by atoms with Gasteiger partial charge in [-0.05, 0) is 11.1 Å². The maximum Gasteiger partial charge on any atom is 0.431 e. The Morgan fingerprint density at radius 2 is 1.36 bits per heavy atom. The van der Waals surface area contributed by atoms with Gasteiger partial charge in [0.2, 0.25) is 0 Å². The fraction of sp³-hybridized carbons (Fsp3) is 0.235. The first-order valence-corrected chi connectivity index (χ1v) is 6.67. The van der Waals surface area contributed by atoms with Gasteiger partial charge < -0.3 is 4.74 Å². The molecule has 0 fully saturated rings. The van der Waals surface area contributed by atoms with E-state index in [0.717, 1.165) is 0 Å². The zero-order valence-corrected chi connectivity index (χ0v) is 11.7. The van der Waals surface area contributed by atoms with E-state index in [2.05, 4.69) is 0 Å². The smallest absolute Gasteiger partial charge is 0.347 e. The Kier molecular flexibility index (Phi) is 4.84. The van der Waals surface area contributed by atoms with Crippen LogP contribution in [-0.4, -0.2) is 11.8 Å². The fourth-order valence-corrected chi connectivity index (χ4v) is 2.03. The summed E-state index contributed by atoms with van der Waals surface area (Å²) in [7, 11) is 0. The third kappa shape index (κ3) is 3.66. The molecule has 2 aromatic carbocycles. The molecule has 0 radical (unpaired) electrons. The van der Waals surface area contributed by atoms with Crippen LogP contribution in [0.3, 0.4) is 0 Å². The number of hydrogen-bond acceptors (Lipinski definition) is 2. The lowest BCUT2D eigenvalue weighted by Gasteiger charge is -2.29. The lowest BCUT2D eigenvalue weighted by Crippen LogP contribution is -2.48. The number of alkyl halides is 3. The quantitative estimate of drug-likeness (QED) is 0.826. The summed E-state index contributed by atoms with van der Waals surface area (Å²) in [6.07, 6.45) is -5.33. The third-order valence-corrected chi connectivity index (χ3v) is 3.26. The third-order valence-electron chi connectivity index (χ3n) is 3.26. The molecule has 0 N–H and O–H groups in total. The molecule has 5 heteroatoms. The summed E-state index contributed by atoms with van der Waals surface area (Å²) >= 11 is 0. The standard InChI is InChI=1S/C17H14F3NO/c18-17(19,20)16(13-21,11-14-7-3-1-4-8-14)22-12-15-9-5-2-6-10-15/h1-10H,11-12H2/t16-/m0/s1. The molecule has 0 spiro atoms. The molecule has 0 aliphatic rings. The summed E-state index contributed by atoms with van der Waals surface area (Å²) in [5, 5.41) is 9.16. The molecule has 0 saturated carbocycles. The van der Waals surface area contributed by atoms with Crippen LogP contribution < -0.4 is 0 Å². The van der Waals surface area contributed by atoms with Gasteiger partial charge in [0.05, 0.1) is 6.61 Å². The van der Waals surface area contributed by atoms with Crippen LogP contribution in [0.2, 0.25) is 0 Å². The zero-order chi connectivity index (χ0) is 16.1. The molecule has 0 unspecified atom stereocenters. The predicted octanol–water partition coefficient (Wildman–Crippen LogP) is 4.27. The Bertz CT molecular complexity index is 634. The monoisotopic (exact) mass is 305 g/mol. The molecule has 114 valence electrons. The average Bonchev–Trinajstić information content (AvgIpc) is 2.52. The molecule has 0 aliphatic carbocycles. The molecular formula is C17H14F3NO. The summed E-state index contributed by atoms with van der Waals surface area (Å²) in [4.78, 5) is 0. The van der Waals surface area contributed by atoms with Crippen molar-refractivity contribution in [1.29, 1.82) is 5.26 Å². The number of ether oxygens (including phenoxy) is 1. The second-order valence-electron chi connectivity index (χ2n) is 4.87. The Labute approximate surface area is 126 Å². The summed E-state index contributed by atoms with van der Waals surface area (Å²) in [6.45, 7) is -0.277. The zero-order valence-electron chi connectivity index (χ0n) is 11.7. The second kappa shape index (κ2) is 6.63. The van der Waals surface area contributed by atoms with E-state index in [9.17, 15) is 13.2 Å². The molecule has 0 bridgehead atoms. The van der Waals surface area contributed by atoms with Crippen LogP contribution >= 0.6 is 0 Å². The molecule has 1 atom stereocenters. The van der Waals surface area contributed by atoms with Crippen molar-refractivity contribution in [3.8, 4) is 6.07 Å². The summed E-state index contributed by atoms with van der Waals surface area (Å²) in [6, 6.07) is 17.9.